The van der Waals surface area contributed by atoms with Gasteiger partial charge in [-0.3, -0.25) is 10.1 Å². The standard InChI is InChI=1S/C30H36ClNO5S/c1-21(27(33)35-5)14-15-23-16-17-26(19-30(23,31)32-28(34)37-29(2,3)4)38-25-13-9-12-24(18-25)36-20-22-10-7-6-8-11-22/h6-13,16-19,21,23H,14-15,20H2,1-5H3,(H,32,34)/t21-,23?,30?/m1/s1. The maximum Gasteiger partial charge on any atom is 0.409 e. The Balaban J connectivity index is 1.75. The number of methoxy groups -OCH3 is 1. The van der Waals surface area contributed by atoms with Crippen molar-refractivity contribution in [3.05, 3.63) is 83.3 Å². The molecule has 3 rings (SSSR count). The molecule has 2 aromatic carbocycles. The van der Waals surface area contributed by atoms with Crippen LogP contribution in [0, 0.1) is 11.8 Å². The SMILES string of the molecule is COC(=O)[C@H](C)CCC1C=CC(Sc2cccc(OCc3ccccc3)c2)=CC1(Cl)NC(=O)OC(C)(C)C. The minimum atomic E-state index is -1.23. The lowest BCUT2D eigenvalue weighted by atomic mass is 9.87. The van der Waals surface area contributed by atoms with E-state index in [0.717, 1.165) is 21.1 Å². The number of hydrogen-bond donors (Lipinski definition) is 1. The van der Waals surface area contributed by atoms with Crippen molar-refractivity contribution in [3.8, 4) is 5.75 Å². The van der Waals surface area contributed by atoms with Crippen molar-refractivity contribution in [2.75, 3.05) is 7.11 Å². The monoisotopic (exact) mass is 557 g/mol. The van der Waals surface area contributed by atoms with Crippen molar-refractivity contribution >= 4 is 35.4 Å². The van der Waals surface area contributed by atoms with Crippen LogP contribution in [0.4, 0.5) is 4.79 Å². The second kappa shape index (κ2) is 13.3. The van der Waals surface area contributed by atoms with Crippen LogP contribution in [0.5, 0.6) is 5.75 Å². The van der Waals surface area contributed by atoms with E-state index in [1.165, 1.54) is 18.9 Å². The van der Waals surface area contributed by atoms with Crippen LogP contribution in [0.25, 0.3) is 0 Å². The highest BCUT2D eigenvalue weighted by molar-refractivity contribution is 8.03. The third-order valence-corrected chi connectivity index (χ3v) is 7.34. The van der Waals surface area contributed by atoms with Crippen LogP contribution in [-0.2, 0) is 20.9 Å². The van der Waals surface area contributed by atoms with E-state index in [4.69, 9.17) is 25.8 Å². The average Bonchev–Trinajstić information content (AvgIpc) is 2.85. The lowest BCUT2D eigenvalue weighted by Crippen LogP contribution is -2.50. The van der Waals surface area contributed by atoms with Gasteiger partial charge >= 0.3 is 12.1 Å². The highest BCUT2D eigenvalue weighted by Gasteiger charge is 2.39. The molecule has 0 spiro atoms. The van der Waals surface area contributed by atoms with Crippen LogP contribution in [0.1, 0.15) is 46.1 Å². The summed E-state index contributed by atoms with van der Waals surface area (Å²) in [6.07, 6.45) is 6.34. The summed E-state index contributed by atoms with van der Waals surface area (Å²) in [6, 6.07) is 17.8. The van der Waals surface area contributed by atoms with Crippen LogP contribution in [0.15, 0.2) is 82.6 Å². The number of thioether (sulfide) groups is 1. The molecule has 204 valence electrons. The number of alkyl halides is 1. The maximum absolute atomic E-state index is 12.7. The Morgan fingerprint density at radius 1 is 1.13 bits per heavy atom. The van der Waals surface area contributed by atoms with Gasteiger partial charge in [0.15, 0.2) is 0 Å². The molecule has 1 aliphatic carbocycles. The summed E-state index contributed by atoms with van der Waals surface area (Å²) >= 11 is 8.60. The highest BCUT2D eigenvalue weighted by atomic mass is 35.5. The molecule has 1 aliphatic rings. The summed E-state index contributed by atoms with van der Waals surface area (Å²) in [4.78, 5) is 25.2. The van der Waals surface area contributed by atoms with Crippen LogP contribution in [-0.4, -0.2) is 29.8 Å². The first-order chi connectivity index (χ1) is 18.0. The molecule has 0 aliphatic heterocycles. The predicted octanol–water partition coefficient (Wildman–Crippen LogP) is 7.48. The number of esters is 1. The minimum absolute atomic E-state index is 0.256. The van der Waals surface area contributed by atoms with Gasteiger partial charge in [-0.25, -0.2) is 4.79 Å². The molecule has 0 saturated carbocycles. The molecule has 0 bridgehead atoms. The molecule has 8 heteroatoms. The van der Waals surface area contributed by atoms with E-state index in [-0.39, 0.29) is 17.8 Å². The Hall–Kier alpha value is -2.90. The molecule has 3 atom stereocenters. The van der Waals surface area contributed by atoms with Crippen molar-refractivity contribution in [3.63, 3.8) is 0 Å². The smallest absolute Gasteiger partial charge is 0.409 e. The molecular formula is C30H36ClNO5S. The third kappa shape index (κ3) is 9.14. The number of alkyl carbamates (subject to hydrolysis) is 1. The van der Waals surface area contributed by atoms with Gasteiger partial charge in [-0.2, -0.15) is 0 Å². The number of allylic oxidation sites excluding steroid dienone is 1. The number of carbonyl (C=O) groups is 2. The normalized spacial score (nSPS) is 19.7. The zero-order valence-corrected chi connectivity index (χ0v) is 24.1. The van der Waals surface area contributed by atoms with E-state index < -0.39 is 16.7 Å². The number of nitrogens with one attached hydrogen (secondary N) is 1. The topological polar surface area (TPSA) is 73.9 Å². The van der Waals surface area contributed by atoms with Gasteiger partial charge in [0.1, 0.15) is 23.0 Å². The van der Waals surface area contributed by atoms with Crippen LogP contribution in [0.3, 0.4) is 0 Å². The molecule has 38 heavy (non-hydrogen) atoms. The van der Waals surface area contributed by atoms with Gasteiger partial charge in [0.25, 0.3) is 0 Å². The van der Waals surface area contributed by atoms with E-state index in [1.807, 2.05) is 79.7 Å². The number of rotatable bonds is 10. The molecule has 0 fully saturated rings. The molecular weight excluding hydrogens is 522 g/mol. The van der Waals surface area contributed by atoms with Crippen LogP contribution >= 0.6 is 23.4 Å². The molecule has 0 aromatic heterocycles. The highest BCUT2D eigenvalue weighted by Crippen LogP contribution is 2.41. The Morgan fingerprint density at radius 3 is 2.55 bits per heavy atom. The number of benzene rings is 2. The van der Waals surface area contributed by atoms with Gasteiger partial charge in [-0.15, -0.1) is 0 Å². The van der Waals surface area contributed by atoms with Gasteiger partial charge in [-0.05, 0) is 63.5 Å². The Bertz CT molecular complexity index is 1160. The Morgan fingerprint density at radius 2 is 1.87 bits per heavy atom. The molecule has 6 nitrogen and oxygen atoms in total. The first-order valence-electron chi connectivity index (χ1n) is 12.6. The molecule has 0 radical (unpaired) electrons. The quantitative estimate of drug-likeness (QED) is 0.185. The summed E-state index contributed by atoms with van der Waals surface area (Å²) in [5.41, 5.74) is 0.425. The number of amides is 1. The molecule has 0 saturated heterocycles. The molecule has 1 N–H and O–H groups in total. The van der Waals surface area contributed by atoms with Crippen LogP contribution in [0.2, 0.25) is 0 Å². The lowest BCUT2D eigenvalue weighted by molar-refractivity contribution is -0.145. The van der Waals surface area contributed by atoms with Gasteiger partial charge in [0, 0.05) is 15.7 Å². The van der Waals surface area contributed by atoms with E-state index in [1.54, 1.807) is 20.8 Å². The second-order valence-corrected chi connectivity index (χ2v) is 12.0. The van der Waals surface area contributed by atoms with E-state index in [0.29, 0.717) is 19.4 Å². The summed E-state index contributed by atoms with van der Waals surface area (Å²) in [5.74, 6) is -0.0490. The van der Waals surface area contributed by atoms with Crippen molar-refractivity contribution in [2.45, 2.75) is 62.6 Å². The third-order valence-electron chi connectivity index (χ3n) is 5.88. The van der Waals surface area contributed by atoms with Crippen molar-refractivity contribution in [1.29, 1.82) is 0 Å². The summed E-state index contributed by atoms with van der Waals surface area (Å²) < 4.78 is 16.3. The van der Waals surface area contributed by atoms with Gasteiger partial charge in [0.2, 0.25) is 0 Å². The van der Waals surface area contributed by atoms with E-state index >= 15 is 0 Å². The number of hydrogen-bond acceptors (Lipinski definition) is 6. The zero-order chi connectivity index (χ0) is 27.8. The van der Waals surface area contributed by atoms with Gasteiger partial charge in [0.05, 0.1) is 13.0 Å². The number of halogens is 1. The fourth-order valence-electron chi connectivity index (χ4n) is 3.92. The largest absolute Gasteiger partial charge is 0.489 e. The molecule has 1 amide bonds. The molecule has 0 heterocycles. The summed E-state index contributed by atoms with van der Waals surface area (Å²) in [6.45, 7) is 7.70. The number of carbonyl (C=O) groups excluding carboxylic acids is 2. The number of ether oxygens (including phenoxy) is 3. The lowest BCUT2D eigenvalue weighted by Gasteiger charge is -2.36. The zero-order valence-electron chi connectivity index (χ0n) is 22.5. The first-order valence-corrected chi connectivity index (χ1v) is 13.8. The maximum atomic E-state index is 12.7. The molecule has 2 aromatic rings. The van der Waals surface area contributed by atoms with Crippen molar-refractivity contribution in [1.82, 2.24) is 5.32 Å². The molecule has 2 unspecified atom stereocenters. The van der Waals surface area contributed by atoms with Gasteiger partial charge in [-0.1, -0.05) is 78.8 Å². The van der Waals surface area contributed by atoms with E-state index in [9.17, 15) is 9.59 Å². The van der Waals surface area contributed by atoms with Crippen molar-refractivity contribution in [2.24, 2.45) is 11.8 Å². The fourth-order valence-corrected chi connectivity index (χ4v) is 5.35. The summed E-state index contributed by atoms with van der Waals surface area (Å²) in [5, 5.41) is 2.86. The van der Waals surface area contributed by atoms with Crippen molar-refractivity contribution < 1.29 is 23.8 Å². The van der Waals surface area contributed by atoms with Gasteiger partial charge < -0.3 is 14.2 Å². The first kappa shape index (κ1) is 29.7. The minimum Gasteiger partial charge on any atom is -0.489 e. The van der Waals surface area contributed by atoms with E-state index in [2.05, 4.69) is 5.32 Å². The van der Waals surface area contributed by atoms with Crippen LogP contribution < -0.4 is 10.1 Å². The average molecular weight is 558 g/mol. The fraction of sp³-hybridized carbons (Fsp3) is 0.400. The Kier molecular flexibility index (Phi) is 10.3. The Labute approximate surface area is 234 Å². The predicted molar refractivity (Wildman–Crippen MR) is 152 cm³/mol. The second-order valence-electron chi connectivity index (χ2n) is 10.3. The summed E-state index contributed by atoms with van der Waals surface area (Å²) in [7, 11) is 1.38.